The highest BCUT2D eigenvalue weighted by molar-refractivity contribution is 5.86. The fraction of sp³-hybridized carbons (Fsp3) is 0.231. The molecule has 1 N–H and O–H groups in total. The van der Waals surface area contributed by atoms with Crippen molar-refractivity contribution in [1.82, 2.24) is 4.98 Å². The highest BCUT2D eigenvalue weighted by Gasteiger charge is 2.45. The Morgan fingerprint density at radius 2 is 2.11 bits per heavy atom. The van der Waals surface area contributed by atoms with Crippen molar-refractivity contribution in [3.8, 4) is 0 Å². The molecule has 2 atom stereocenters. The van der Waals surface area contributed by atoms with E-state index in [9.17, 15) is 23.1 Å². The summed E-state index contributed by atoms with van der Waals surface area (Å²) in [6, 6.07) is 3.17. The van der Waals surface area contributed by atoms with Gasteiger partial charge in [0.25, 0.3) is 0 Å². The number of pyridine rings is 1. The molecule has 0 aromatic carbocycles. The van der Waals surface area contributed by atoms with Gasteiger partial charge in [-0.25, -0.2) is 0 Å². The molecule has 6 heteroatoms. The maximum atomic E-state index is 12.8. The zero-order valence-electron chi connectivity index (χ0n) is 9.63. The minimum absolute atomic E-state index is 0.225. The molecule has 0 saturated carbocycles. The van der Waals surface area contributed by atoms with Crippen LogP contribution >= 0.6 is 0 Å². The number of carbonyl (C=O) groups excluding carboxylic acids is 1. The lowest BCUT2D eigenvalue weighted by Crippen LogP contribution is -2.36. The number of hydrogen-bond donors (Lipinski definition) is 1. The first kappa shape index (κ1) is 13.5. The summed E-state index contributed by atoms with van der Waals surface area (Å²) in [5, 5.41) is 9.55. The van der Waals surface area contributed by atoms with Crippen LogP contribution in [0.3, 0.4) is 0 Å². The van der Waals surface area contributed by atoms with Crippen molar-refractivity contribution in [3.05, 3.63) is 47.8 Å². The molecular weight excluding hydrogens is 259 g/mol. The number of aliphatic hydroxyl groups excluding tert-OH is 1. The molecule has 0 saturated heterocycles. The van der Waals surface area contributed by atoms with Gasteiger partial charge in [0.15, 0.2) is 0 Å². The van der Waals surface area contributed by atoms with Crippen molar-refractivity contribution >= 4 is 11.9 Å². The van der Waals surface area contributed by atoms with Crippen LogP contribution in [0.2, 0.25) is 0 Å². The van der Waals surface area contributed by atoms with E-state index in [0.29, 0.717) is 5.56 Å². The molecule has 0 amide bonds. The Morgan fingerprint density at radius 3 is 2.63 bits per heavy atom. The third-order valence-corrected chi connectivity index (χ3v) is 2.87. The Morgan fingerprint density at radius 1 is 1.37 bits per heavy atom. The smallest absolute Gasteiger partial charge is 0.387 e. The minimum Gasteiger partial charge on any atom is -0.387 e. The van der Waals surface area contributed by atoms with Gasteiger partial charge in [-0.1, -0.05) is 12.1 Å². The van der Waals surface area contributed by atoms with E-state index in [4.69, 9.17) is 0 Å². The van der Waals surface area contributed by atoms with E-state index >= 15 is 0 Å². The maximum Gasteiger partial charge on any atom is 0.398 e. The second-order valence-corrected chi connectivity index (χ2v) is 4.14. The third kappa shape index (κ3) is 2.73. The summed E-state index contributed by atoms with van der Waals surface area (Å²) < 4.78 is 38.5. The summed E-state index contributed by atoms with van der Waals surface area (Å²) in [4.78, 5) is 14.6. The molecule has 3 nitrogen and oxygen atoms in total. The normalized spacial score (nSPS) is 23.6. The second kappa shape index (κ2) is 4.97. The van der Waals surface area contributed by atoms with Crippen LogP contribution in [-0.2, 0) is 4.79 Å². The van der Waals surface area contributed by atoms with Gasteiger partial charge in [-0.15, -0.1) is 0 Å². The molecule has 1 aliphatic carbocycles. The lowest BCUT2D eigenvalue weighted by atomic mass is 9.85. The van der Waals surface area contributed by atoms with Gasteiger partial charge < -0.3 is 5.11 Å². The molecule has 0 fully saturated rings. The van der Waals surface area contributed by atoms with Crippen LogP contribution in [0.4, 0.5) is 13.2 Å². The number of aliphatic hydroxyl groups is 1. The van der Waals surface area contributed by atoms with Gasteiger partial charge in [0.1, 0.15) is 12.2 Å². The number of carbonyl (C=O) groups is 1. The molecule has 19 heavy (non-hydrogen) atoms. The SMILES string of the molecule is O=CC1=CC(c2cccnc2)=CC(C(F)(F)F)C1O. The van der Waals surface area contributed by atoms with Gasteiger partial charge in [-0.05, 0) is 23.3 Å². The number of nitrogens with zero attached hydrogens (tertiary/aromatic N) is 1. The summed E-state index contributed by atoms with van der Waals surface area (Å²) in [6.07, 6.45) is -1.19. The average molecular weight is 269 g/mol. The molecule has 2 unspecified atom stereocenters. The highest BCUT2D eigenvalue weighted by Crippen LogP contribution is 2.38. The van der Waals surface area contributed by atoms with Gasteiger partial charge in [-0.3, -0.25) is 9.78 Å². The van der Waals surface area contributed by atoms with Crippen LogP contribution < -0.4 is 0 Å². The molecule has 2 rings (SSSR count). The minimum atomic E-state index is -4.62. The highest BCUT2D eigenvalue weighted by atomic mass is 19.4. The Labute approximate surface area is 107 Å². The summed E-state index contributed by atoms with van der Waals surface area (Å²) >= 11 is 0. The van der Waals surface area contributed by atoms with Crippen LogP contribution in [-0.4, -0.2) is 28.7 Å². The number of aromatic nitrogens is 1. The molecule has 1 aliphatic rings. The number of hydrogen-bond acceptors (Lipinski definition) is 3. The summed E-state index contributed by atoms with van der Waals surface area (Å²) in [7, 11) is 0. The molecule has 100 valence electrons. The Hall–Kier alpha value is -1.95. The van der Waals surface area contributed by atoms with E-state index in [-0.39, 0.29) is 17.4 Å². The Balaban J connectivity index is 2.48. The molecule has 0 spiro atoms. The van der Waals surface area contributed by atoms with E-state index < -0.39 is 18.2 Å². The van der Waals surface area contributed by atoms with Crippen molar-refractivity contribution in [3.63, 3.8) is 0 Å². The molecule has 1 aromatic heterocycles. The van der Waals surface area contributed by atoms with Crippen molar-refractivity contribution in [2.24, 2.45) is 5.92 Å². The largest absolute Gasteiger partial charge is 0.398 e. The van der Waals surface area contributed by atoms with Crippen molar-refractivity contribution < 1.29 is 23.1 Å². The predicted molar refractivity (Wildman–Crippen MR) is 61.9 cm³/mol. The topological polar surface area (TPSA) is 50.2 Å². The number of aldehydes is 1. The summed E-state index contributed by atoms with van der Waals surface area (Å²) in [5.41, 5.74) is 0.398. The fourth-order valence-corrected chi connectivity index (χ4v) is 1.90. The molecule has 1 aromatic rings. The zero-order chi connectivity index (χ0) is 14.0. The third-order valence-electron chi connectivity index (χ3n) is 2.87. The monoisotopic (exact) mass is 269 g/mol. The van der Waals surface area contributed by atoms with E-state index in [2.05, 4.69) is 4.98 Å². The summed E-state index contributed by atoms with van der Waals surface area (Å²) in [6.45, 7) is 0. The maximum absolute atomic E-state index is 12.8. The summed E-state index contributed by atoms with van der Waals surface area (Å²) in [5.74, 6) is -2.09. The number of rotatable bonds is 2. The van der Waals surface area contributed by atoms with Crippen LogP contribution in [0, 0.1) is 5.92 Å². The second-order valence-electron chi connectivity index (χ2n) is 4.14. The Bertz CT molecular complexity index is 535. The first-order valence-corrected chi connectivity index (χ1v) is 5.47. The van der Waals surface area contributed by atoms with Crippen LogP contribution in [0.15, 0.2) is 42.3 Å². The van der Waals surface area contributed by atoms with Gasteiger partial charge in [0, 0.05) is 18.0 Å². The molecule has 1 heterocycles. The quantitative estimate of drug-likeness (QED) is 0.837. The average Bonchev–Trinajstić information content (AvgIpc) is 2.38. The lowest BCUT2D eigenvalue weighted by molar-refractivity contribution is -0.180. The predicted octanol–water partition coefficient (Wildman–Crippen LogP) is 2.14. The zero-order valence-corrected chi connectivity index (χ0v) is 9.63. The van der Waals surface area contributed by atoms with Gasteiger partial charge in [0.2, 0.25) is 0 Å². The lowest BCUT2D eigenvalue weighted by Gasteiger charge is -2.27. The van der Waals surface area contributed by atoms with Gasteiger partial charge in [0.05, 0.1) is 6.10 Å². The number of alkyl halides is 3. The van der Waals surface area contributed by atoms with Crippen molar-refractivity contribution in [2.75, 3.05) is 0 Å². The van der Waals surface area contributed by atoms with E-state index in [1.165, 1.54) is 18.5 Å². The van der Waals surface area contributed by atoms with E-state index in [0.717, 1.165) is 6.08 Å². The number of halogens is 3. The molecular formula is C13H10F3NO2. The van der Waals surface area contributed by atoms with Gasteiger partial charge in [-0.2, -0.15) is 13.2 Å². The van der Waals surface area contributed by atoms with Crippen LogP contribution in [0.5, 0.6) is 0 Å². The van der Waals surface area contributed by atoms with Crippen LogP contribution in [0.25, 0.3) is 5.57 Å². The molecule has 0 bridgehead atoms. The number of allylic oxidation sites excluding steroid dienone is 2. The van der Waals surface area contributed by atoms with E-state index in [1.807, 2.05) is 0 Å². The first-order chi connectivity index (χ1) is 8.93. The molecule has 0 radical (unpaired) electrons. The molecule has 0 aliphatic heterocycles. The standard InChI is InChI=1S/C13H10F3NO2/c14-13(15,16)11-5-9(4-10(7-18)12(11)19)8-2-1-3-17-6-8/h1-7,11-12,19H. The van der Waals surface area contributed by atoms with Gasteiger partial charge >= 0.3 is 6.18 Å². The Kier molecular flexibility index (Phi) is 3.53. The first-order valence-electron chi connectivity index (χ1n) is 5.47. The van der Waals surface area contributed by atoms with Crippen molar-refractivity contribution in [1.29, 1.82) is 0 Å². The van der Waals surface area contributed by atoms with E-state index in [1.54, 1.807) is 12.1 Å². The van der Waals surface area contributed by atoms with Crippen molar-refractivity contribution in [2.45, 2.75) is 12.3 Å². The fourth-order valence-electron chi connectivity index (χ4n) is 1.90. The van der Waals surface area contributed by atoms with Crippen LogP contribution in [0.1, 0.15) is 5.56 Å².